The quantitative estimate of drug-likeness (QED) is 0.837. The van der Waals surface area contributed by atoms with Crippen molar-refractivity contribution in [3.8, 4) is 0 Å². The Balaban J connectivity index is 2.35. The second kappa shape index (κ2) is 5.90. The third-order valence-electron chi connectivity index (χ3n) is 3.64. The SMILES string of the molecule is Cc1cc(C)c(CC(O)c2cc(F)c(F)cc2F)c(C)c1. The summed E-state index contributed by atoms with van der Waals surface area (Å²) in [5.74, 6) is -3.36. The Morgan fingerprint density at radius 2 is 1.38 bits per heavy atom. The van der Waals surface area contributed by atoms with E-state index in [2.05, 4.69) is 0 Å². The molecule has 1 unspecified atom stereocenters. The van der Waals surface area contributed by atoms with E-state index >= 15 is 0 Å². The number of benzene rings is 2. The minimum atomic E-state index is -1.26. The van der Waals surface area contributed by atoms with Crippen molar-refractivity contribution in [2.24, 2.45) is 0 Å². The molecule has 2 aromatic carbocycles. The van der Waals surface area contributed by atoms with Crippen LogP contribution < -0.4 is 0 Å². The number of halogens is 3. The van der Waals surface area contributed by atoms with Gasteiger partial charge in [0.2, 0.25) is 0 Å². The van der Waals surface area contributed by atoms with Crippen molar-refractivity contribution < 1.29 is 18.3 Å². The first kappa shape index (κ1) is 15.6. The molecule has 2 rings (SSSR count). The molecular formula is C17H17F3O. The lowest BCUT2D eigenvalue weighted by Crippen LogP contribution is -2.08. The van der Waals surface area contributed by atoms with Crippen molar-refractivity contribution >= 4 is 0 Å². The van der Waals surface area contributed by atoms with E-state index < -0.39 is 23.6 Å². The second-order valence-electron chi connectivity index (χ2n) is 5.39. The van der Waals surface area contributed by atoms with Crippen LogP contribution in [0.3, 0.4) is 0 Å². The van der Waals surface area contributed by atoms with Gasteiger partial charge in [0.15, 0.2) is 11.6 Å². The van der Waals surface area contributed by atoms with E-state index in [1.165, 1.54) is 0 Å². The van der Waals surface area contributed by atoms with Gasteiger partial charge in [-0.2, -0.15) is 0 Å². The highest BCUT2D eigenvalue weighted by Gasteiger charge is 2.19. The van der Waals surface area contributed by atoms with Gasteiger partial charge in [-0.1, -0.05) is 17.7 Å². The second-order valence-corrected chi connectivity index (χ2v) is 5.39. The number of aliphatic hydroxyl groups is 1. The molecule has 0 bridgehead atoms. The zero-order valence-electron chi connectivity index (χ0n) is 12.2. The molecule has 0 radical (unpaired) electrons. The van der Waals surface area contributed by atoms with Crippen LogP contribution in [0.2, 0.25) is 0 Å². The zero-order valence-corrected chi connectivity index (χ0v) is 12.2. The first-order valence-corrected chi connectivity index (χ1v) is 6.69. The zero-order chi connectivity index (χ0) is 15.7. The Hall–Kier alpha value is -1.81. The molecule has 0 amide bonds. The van der Waals surface area contributed by atoms with Crippen LogP contribution in [-0.4, -0.2) is 5.11 Å². The van der Waals surface area contributed by atoms with Crippen molar-refractivity contribution in [1.29, 1.82) is 0 Å². The molecule has 112 valence electrons. The Kier molecular flexibility index (Phi) is 4.37. The Morgan fingerprint density at radius 3 is 1.95 bits per heavy atom. The fourth-order valence-electron chi connectivity index (χ4n) is 2.63. The van der Waals surface area contributed by atoms with E-state index in [9.17, 15) is 18.3 Å². The normalized spacial score (nSPS) is 12.5. The van der Waals surface area contributed by atoms with Crippen molar-refractivity contribution in [3.05, 3.63) is 69.5 Å². The minimum Gasteiger partial charge on any atom is -0.388 e. The lowest BCUT2D eigenvalue weighted by Gasteiger charge is -2.17. The highest BCUT2D eigenvalue weighted by atomic mass is 19.2. The van der Waals surface area contributed by atoms with Crippen LogP contribution in [0.15, 0.2) is 24.3 Å². The van der Waals surface area contributed by atoms with E-state index in [1.54, 1.807) is 0 Å². The Morgan fingerprint density at radius 1 is 0.857 bits per heavy atom. The van der Waals surface area contributed by atoms with Gasteiger partial charge in [0.05, 0.1) is 6.10 Å². The van der Waals surface area contributed by atoms with Gasteiger partial charge in [-0.3, -0.25) is 0 Å². The van der Waals surface area contributed by atoms with Crippen molar-refractivity contribution in [1.82, 2.24) is 0 Å². The summed E-state index contributed by atoms with van der Waals surface area (Å²) in [6, 6.07) is 5.12. The largest absolute Gasteiger partial charge is 0.388 e. The van der Waals surface area contributed by atoms with E-state index in [1.807, 2.05) is 32.9 Å². The summed E-state index contributed by atoms with van der Waals surface area (Å²) in [5, 5.41) is 10.2. The summed E-state index contributed by atoms with van der Waals surface area (Å²) >= 11 is 0. The van der Waals surface area contributed by atoms with E-state index in [0.717, 1.165) is 22.3 Å². The highest BCUT2D eigenvalue weighted by Crippen LogP contribution is 2.27. The maximum atomic E-state index is 13.7. The number of rotatable bonds is 3. The third-order valence-corrected chi connectivity index (χ3v) is 3.64. The number of aliphatic hydroxyl groups excluding tert-OH is 1. The summed E-state index contributed by atoms with van der Waals surface area (Å²) < 4.78 is 39.8. The van der Waals surface area contributed by atoms with E-state index in [-0.39, 0.29) is 12.0 Å². The molecule has 4 heteroatoms. The molecule has 0 saturated carbocycles. The summed E-state index contributed by atoms with van der Waals surface area (Å²) in [4.78, 5) is 0. The summed E-state index contributed by atoms with van der Waals surface area (Å²) in [5.41, 5.74) is 3.72. The van der Waals surface area contributed by atoms with Gasteiger partial charge in [0.1, 0.15) is 5.82 Å². The standard InChI is InChI=1S/C17H17F3O/c1-9-4-10(2)12(11(3)5-9)7-17(21)13-6-15(19)16(20)8-14(13)18/h4-6,8,17,21H,7H2,1-3H3. The molecule has 0 aliphatic heterocycles. The van der Waals surface area contributed by atoms with Crippen LogP contribution in [0.4, 0.5) is 13.2 Å². The minimum absolute atomic E-state index is 0.153. The van der Waals surface area contributed by atoms with E-state index in [4.69, 9.17) is 0 Å². The molecule has 0 fully saturated rings. The van der Waals surface area contributed by atoms with Gasteiger partial charge in [-0.05, 0) is 43.5 Å². The molecule has 1 N–H and O–H groups in total. The molecular weight excluding hydrogens is 277 g/mol. The number of hydrogen-bond acceptors (Lipinski definition) is 1. The summed E-state index contributed by atoms with van der Waals surface area (Å²) in [6.07, 6.45) is -1.07. The molecule has 0 heterocycles. The number of aryl methyl sites for hydroxylation is 3. The van der Waals surface area contributed by atoms with Gasteiger partial charge in [0.25, 0.3) is 0 Å². The van der Waals surface area contributed by atoms with Gasteiger partial charge in [0, 0.05) is 18.1 Å². The molecule has 0 aliphatic carbocycles. The Bertz CT molecular complexity index is 657. The van der Waals surface area contributed by atoms with Crippen molar-refractivity contribution in [2.75, 3.05) is 0 Å². The molecule has 0 aromatic heterocycles. The lowest BCUT2D eigenvalue weighted by atomic mass is 9.93. The van der Waals surface area contributed by atoms with Crippen molar-refractivity contribution in [3.63, 3.8) is 0 Å². The molecule has 0 saturated heterocycles. The van der Waals surface area contributed by atoms with Gasteiger partial charge < -0.3 is 5.11 Å². The fraction of sp³-hybridized carbons (Fsp3) is 0.294. The molecule has 0 aliphatic rings. The third kappa shape index (κ3) is 3.27. The average molecular weight is 294 g/mol. The monoisotopic (exact) mass is 294 g/mol. The molecule has 1 nitrogen and oxygen atoms in total. The fourth-order valence-corrected chi connectivity index (χ4v) is 2.63. The van der Waals surface area contributed by atoms with E-state index in [0.29, 0.717) is 12.1 Å². The maximum absolute atomic E-state index is 13.7. The predicted octanol–water partition coefficient (Wildman–Crippen LogP) is 4.31. The Labute approximate surface area is 122 Å². The van der Waals surface area contributed by atoms with Crippen molar-refractivity contribution in [2.45, 2.75) is 33.3 Å². The van der Waals surface area contributed by atoms with Crippen LogP contribution in [0, 0.1) is 38.2 Å². The topological polar surface area (TPSA) is 20.2 Å². The average Bonchev–Trinajstić information content (AvgIpc) is 2.37. The first-order chi connectivity index (χ1) is 9.79. The number of hydrogen-bond donors (Lipinski definition) is 1. The van der Waals surface area contributed by atoms with Gasteiger partial charge in [-0.15, -0.1) is 0 Å². The van der Waals surface area contributed by atoms with Gasteiger partial charge >= 0.3 is 0 Å². The lowest BCUT2D eigenvalue weighted by molar-refractivity contribution is 0.172. The maximum Gasteiger partial charge on any atom is 0.161 e. The summed E-state index contributed by atoms with van der Waals surface area (Å²) in [7, 11) is 0. The molecule has 2 aromatic rings. The van der Waals surface area contributed by atoms with Crippen LogP contribution in [0.1, 0.15) is 33.9 Å². The molecule has 1 atom stereocenters. The van der Waals surface area contributed by atoms with Crippen LogP contribution >= 0.6 is 0 Å². The van der Waals surface area contributed by atoms with Crippen LogP contribution in [0.5, 0.6) is 0 Å². The molecule has 21 heavy (non-hydrogen) atoms. The first-order valence-electron chi connectivity index (χ1n) is 6.69. The predicted molar refractivity (Wildman–Crippen MR) is 75.6 cm³/mol. The molecule has 0 spiro atoms. The van der Waals surface area contributed by atoms with Gasteiger partial charge in [-0.25, -0.2) is 13.2 Å². The smallest absolute Gasteiger partial charge is 0.161 e. The highest BCUT2D eigenvalue weighted by molar-refractivity contribution is 5.38. The van der Waals surface area contributed by atoms with Crippen LogP contribution in [0.25, 0.3) is 0 Å². The van der Waals surface area contributed by atoms with Crippen LogP contribution in [-0.2, 0) is 6.42 Å². The summed E-state index contributed by atoms with van der Waals surface area (Å²) in [6.45, 7) is 5.78.